The summed E-state index contributed by atoms with van der Waals surface area (Å²) in [7, 11) is 3.20. The fraction of sp³-hybridized carbons (Fsp3) is 0.111. The van der Waals surface area contributed by atoms with Gasteiger partial charge in [0.1, 0.15) is 0 Å². The molecule has 4 heteroatoms. The highest BCUT2D eigenvalue weighted by Crippen LogP contribution is 2.40. The number of aromatic nitrogens is 1. The van der Waals surface area contributed by atoms with Gasteiger partial charge in [-0.25, -0.2) is 0 Å². The number of para-hydroxylation sites is 1. The number of fused-ring (bicyclic) bond motifs is 1. The Kier molecular flexibility index (Phi) is 2.42. The topological polar surface area (TPSA) is 36.0 Å². The van der Waals surface area contributed by atoms with Gasteiger partial charge in [0.25, 0.3) is 0 Å². The molecule has 1 aromatic carbocycles. The predicted octanol–water partition coefficient (Wildman–Crippen LogP) is 3.24. The Balaban J connectivity index is 2.64. The quantitative estimate of drug-likeness (QED) is 0.749. The van der Waals surface area contributed by atoms with Crippen LogP contribution in [-0.2, 0) is 0 Å². The van der Waals surface area contributed by atoms with Crippen LogP contribution in [0, 0.1) is 0 Å². The maximum atomic E-state index is 9.58. The highest BCUT2D eigenvalue weighted by Gasteiger charge is 2.09. The molecule has 2 aromatic rings. The van der Waals surface area contributed by atoms with E-state index in [0.717, 1.165) is 15.8 Å². The van der Waals surface area contributed by atoms with Crippen molar-refractivity contribution in [3.63, 3.8) is 0 Å². The summed E-state index contributed by atoms with van der Waals surface area (Å²) >= 11 is 0. The fourth-order valence-corrected chi connectivity index (χ4v) is 2.84. The smallest absolute Gasteiger partial charge is 0.204 e. The molecule has 0 fully saturated rings. The van der Waals surface area contributed by atoms with Gasteiger partial charge in [-0.2, -0.15) is 0 Å². The van der Waals surface area contributed by atoms with E-state index in [4.69, 9.17) is 0 Å². The van der Waals surface area contributed by atoms with E-state index in [0.29, 0.717) is 0 Å². The molecular weight excluding hydrogens is 202 g/mol. The van der Waals surface area contributed by atoms with E-state index in [1.54, 1.807) is 21.6 Å². The number of aromatic amines is 1. The van der Waals surface area contributed by atoms with Gasteiger partial charge in [-0.05, 0) is 12.3 Å². The zero-order valence-corrected chi connectivity index (χ0v) is 8.71. The molecule has 2 rings (SSSR count). The van der Waals surface area contributed by atoms with Crippen molar-refractivity contribution >= 4 is 32.5 Å². The minimum Gasteiger partial charge on any atom is -0.494 e. The molecule has 0 saturated carbocycles. The van der Waals surface area contributed by atoms with E-state index in [2.05, 4.69) is 4.98 Å². The minimum absolute atomic E-state index is 0.264. The first-order chi connectivity index (χ1) is 6.33. The Hall–Kier alpha value is -0.740. The SMILES string of the molecule is CSSc1c(O)[nH]c2ccccc12. The van der Waals surface area contributed by atoms with Crippen molar-refractivity contribution in [1.29, 1.82) is 0 Å². The summed E-state index contributed by atoms with van der Waals surface area (Å²) in [4.78, 5) is 3.85. The molecule has 0 saturated heterocycles. The Morgan fingerprint density at radius 1 is 1.31 bits per heavy atom. The predicted molar refractivity (Wildman–Crippen MR) is 59.3 cm³/mol. The molecule has 0 aliphatic carbocycles. The summed E-state index contributed by atoms with van der Waals surface area (Å²) in [6.45, 7) is 0. The normalized spacial score (nSPS) is 10.8. The summed E-state index contributed by atoms with van der Waals surface area (Å²) in [5, 5.41) is 10.7. The molecule has 1 heterocycles. The second-order valence-corrected chi connectivity index (χ2v) is 5.01. The molecule has 0 aliphatic rings. The third-order valence-corrected chi connectivity index (χ3v) is 3.55. The van der Waals surface area contributed by atoms with E-state index in [-0.39, 0.29) is 5.88 Å². The maximum Gasteiger partial charge on any atom is 0.204 e. The highest BCUT2D eigenvalue weighted by molar-refractivity contribution is 8.76. The molecule has 0 aliphatic heterocycles. The van der Waals surface area contributed by atoms with Crippen molar-refractivity contribution in [3.05, 3.63) is 24.3 Å². The van der Waals surface area contributed by atoms with E-state index in [9.17, 15) is 5.11 Å². The van der Waals surface area contributed by atoms with Crippen molar-refractivity contribution < 1.29 is 5.11 Å². The lowest BCUT2D eigenvalue weighted by atomic mass is 10.2. The van der Waals surface area contributed by atoms with Crippen LogP contribution in [0.1, 0.15) is 0 Å². The third kappa shape index (κ3) is 1.51. The van der Waals surface area contributed by atoms with Gasteiger partial charge in [0.2, 0.25) is 5.88 Å². The van der Waals surface area contributed by atoms with Crippen LogP contribution in [0.25, 0.3) is 10.9 Å². The molecule has 0 spiro atoms. The number of benzene rings is 1. The average molecular weight is 211 g/mol. The first kappa shape index (κ1) is 8.84. The van der Waals surface area contributed by atoms with Gasteiger partial charge < -0.3 is 10.1 Å². The van der Waals surface area contributed by atoms with Crippen LogP contribution < -0.4 is 0 Å². The first-order valence-electron chi connectivity index (χ1n) is 3.83. The third-order valence-electron chi connectivity index (χ3n) is 1.81. The van der Waals surface area contributed by atoms with Crippen molar-refractivity contribution in [1.82, 2.24) is 4.98 Å². The number of hydrogen-bond donors (Lipinski definition) is 2. The molecule has 68 valence electrons. The number of rotatable bonds is 2. The first-order valence-corrected chi connectivity index (χ1v) is 6.39. The fourth-order valence-electron chi connectivity index (χ4n) is 1.27. The van der Waals surface area contributed by atoms with Crippen LogP contribution in [0.4, 0.5) is 0 Å². The van der Waals surface area contributed by atoms with Crippen LogP contribution >= 0.6 is 21.6 Å². The van der Waals surface area contributed by atoms with Gasteiger partial charge >= 0.3 is 0 Å². The Bertz CT molecular complexity index is 424. The zero-order valence-electron chi connectivity index (χ0n) is 7.07. The molecule has 0 radical (unpaired) electrons. The van der Waals surface area contributed by atoms with E-state index < -0.39 is 0 Å². The summed E-state index contributed by atoms with van der Waals surface area (Å²) in [5.74, 6) is 0.264. The van der Waals surface area contributed by atoms with Crippen molar-refractivity contribution in [2.24, 2.45) is 0 Å². The molecule has 0 amide bonds. The number of nitrogens with one attached hydrogen (secondary N) is 1. The zero-order chi connectivity index (χ0) is 9.26. The maximum absolute atomic E-state index is 9.58. The molecular formula is C9H9NOS2. The lowest BCUT2D eigenvalue weighted by molar-refractivity contribution is 0.447. The van der Waals surface area contributed by atoms with E-state index >= 15 is 0 Å². The molecule has 1 aromatic heterocycles. The lowest BCUT2D eigenvalue weighted by Gasteiger charge is -1.94. The summed E-state index contributed by atoms with van der Waals surface area (Å²) < 4.78 is 0. The van der Waals surface area contributed by atoms with E-state index in [1.807, 2.05) is 30.5 Å². The van der Waals surface area contributed by atoms with Gasteiger partial charge in [0.15, 0.2) is 0 Å². The molecule has 13 heavy (non-hydrogen) atoms. The monoisotopic (exact) mass is 211 g/mol. The summed E-state index contributed by atoms with van der Waals surface area (Å²) in [5.41, 5.74) is 0.983. The lowest BCUT2D eigenvalue weighted by Crippen LogP contribution is -1.64. The average Bonchev–Trinajstić information content (AvgIpc) is 2.44. The summed E-state index contributed by atoms with van der Waals surface area (Å²) in [6.07, 6.45) is 1.99. The second-order valence-electron chi connectivity index (χ2n) is 2.60. The van der Waals surface area contributed by atoms with Crippen LogP contribution in [0.3, 0.4) is 0 Å². The van der Waals surface area contributed by atoms with Gasteiger partial charge in [-0.3, -0.25) is 0 Å². The van der Waals surface area contributed by atoms with Crippen LogP contribution in [0.5, 0.6) is 5.88 Å². The standard InChI is InChI=1S/C9H9NOS2/c1-12-13-8-6-4-2-3-5-7(6)10-9(8)11/h2-5,10-11H,1H3. The van der Waals surface area contributed by atoms with Crippen LogP contribution in [0.15, 0.2) is 29.2 Å². The van der Waals surface area contributed by atoms with E-state index in [1.165, 1.54) is 0 Å². The minimum atomic E-state index is 0.264. The van der Waals surface area contributed by atoms with Gasteiger partial charge in [-0.1, -0.05) is 39.8 Å². The highest BCUT2D eigenvalue weighted by atomic mass is 33.1. The number of H-pyrrole nitrogens is 1. The van der Waals surface area contributed by atoms with Gasteiger partial charge in [0, 0.05) is 10.9 Å². The number of aromatic hydroxyl groups is 1. The Labute approximate surface area is 84.1 Å². The van der Waals surface area contributed by atoms with Crippen LogP contribution in [-0.4, -0.2) is 16.3 Å². The van der Waals surface area contributed by atoms with Gasteiger partial charge in [-0.15, -0.1) is 0 Å². The van der Waals surface area contributed by atoms with Crippen molar-refractivity contribution in [2.75, 3.05) is 6.26 Å². The Morgan fingerprint density at radius 3 is 2.85 bits per heavy atom. The second kappa shape index (κ2) is 3.55. The Morgan fingerprint density at radius 2 is 2.08 bits per heavy atom. The van der Waals surface area contributed by atoms with Crippen LogP contribution in [0.2, 0.25) is 0 Å². The molecule has 0 bridgehead atoms. The molecule has 2 N–H and O–H groups in total. The van der Waals surface area contributed by atoms with Crippen molar-refractivity contribution in [3.8, 4) is 5.88 Å². The molecule has 0 atom stereocenters. The summed E-state index contributed by atoms with van der Waals surface area (Å²) in [6, 6.07) is 7.88. The molecule has 0 unspecified atom stereocenters. The van der Waals surface area contributed by atoms with Crippen molar-refractivity contribution in [2.45, 2.75) is 4.90 Å². The van der Waals surface area contributed by atoms with Gasteiger partial charge in [0.05, 0.1) is 4.90 Å². The number of hydrogen-bond acceptors (Lipinski definition) is 3. The molecule has 2 nitrogen and oxygen atoms in total. The largest absolute Gasteiger partial charge is 0.494 e.